The van der Waals surface area contributed by atoms with Gasteiger partial charge in [-0.2, -0.15) is 0 Å². The molecular formula is C12H22O7. The summed E-state index contributed by atoms with van der Waals surface area (Å²) in [6.45, 7) is 11.0. The molecule has 5 N–H and O–H groups in total. The van der Waals surface area contributed by atoms with E-state index >= 15 is 0 Å². The fourth-order valence-electron chi connectivity index (χ4n) is 0.335. The molecule has 0 aromatic rings. The molecule has 0 aliphatic carbocycles. The monoisotopic (exact) mass is 278 g/mol. The van der Waals surface area contributed by atoms with E-state index in [1.165, 1.54) is 13.8 Å². The summed E-state index contributed by atoms with van der Waals surface area (Å²) in [6.07, 6.45) is 0.566. The summed E-state index contributed by atoms with van der Waals surface area (Å²) in [4.78, 5) is 19.2. The highest BCUT2D eigenvalue weighted by Crippen LogP contribution is 2.01. The van der Waals surface area contributed by atoms with E-state index in [2.05, 4.69) is 13.2 Å². The highest BCUT2D eigenvalue weighted by molar-refractivity contribution is 5.85. The topological polar surface area (TPSA) is 135 Å². The molecule has 0 radical (unpaired) electrons. The first-order valence-corrected chi connectivity index (χ1v) is 5.29. The maximum Gasteiger partial charge on any atom is 0.330 e. The Labute approximate surface area is 112 Å². The van der Waals surface area contributed by atoms with Gasteiger partial charge in [0.1, 0.15) is 0 Å². The molecule has 0 aromatic carbocycles. The lowest BCUT2D eigenvalue weighted by Crippen LogP contribution is -2.26. The number of aliphatic hydroxyl groups is 3. The van der Waals surface area contributed by atoms with Crippen LogP contribution < -0.4 is 0 Å². The number of carbonyl (C=O) groups is 2. The van der Waals surface area contributed by atoms with E-state index in [0.717, 1.165) is 0 Å². The maximum absolute atomic E-state index is 9.60. The van der Waals surface area contributed by atoms with E-state index < -0.39 is 17.9 Å². The first-order chi connectivity index (χ1) is 8.35. The van der Waals surface area contributed by atoms with E-state index in [-0.39, 0.29) is 17.6 Å². The van der Waals surface area contributed by atoms with Crippen LogP contribution in [0.1, 0.15) is 33.6 Å². The van der Waals surface area contributed by atoms with Gasteiger partial charge in [0.15, 0.2) is 0 Å². The molecule has 7 nitrogen and oxygen atoms in total. The second kappa shape index (κ2) is 11.4. The van der Waals surface area contributed by atoms with Crippen LogP contribution in [-0.2, 0) is 9.59 Å². The van der Waals surface area contributed by atoms with E-state index in [4.69, 9.17) is 25.5 Å². The lowest BCUT2D eigenvalue weighted by Gasteiger charge is -2.10. The second-order valence-corrected chi connectivity index (χ2v) is 3.70. The van der Waals surface area contributed by atoms with Crippen LogP contribution in [-0.4, -0.2) is 43.4 Å². The van der Waals surface area contributed by atoms with E-state index in [1.54, 1.807) is 6.92 Å². The zero-order valence-electron chi connectivity index (χ0n) is 11.4. The molecule has 0 atom stereocenters. The lowest BCUT2D eigenvalue weighted by atomic mass is 10.3. The molecule has 19 heavy (non-hydrogen) atoms. The number of carboxylic acid groups (broad SMARTS) is 2. The van der Waals surface area contributed by atoms with Crippen LogP contribution in [0.25, 0.3) is 0 Å². The number of rotatable bonds is 4. The summed E-state index contributed by atoms with van der Waals surface area (Å²) in [5, 5.41) is 40.2. The van der Waals surface area contributed by atoms with Gasteiger partial charge in [0, 0.05) is 17.6 Å². The summed E-state index contributed by atoms with van der Waals surface area (Å²) < 4.78 is 0. The van der Waals surface area contributed by atoms with Crippen molar-refractivity contribution >= 4 is 11.9 Å². The van der Waals surface area contributed by atoms with Gasteiger partial charge in [-0.15, -0.1) is 0 Å². The van der Waals surface area contributed by atoms with Crippen LogP contribution in [0.3, 0.4) is 0 Å². The third-order valence-electron chi connectivity index (χ3n) is 1.32. The highest BCUT2D eigenvalue weighted by atomic mass is 16.7. The Hall–Kier alpha value is -1.70. The number of hydrogen-bond acceptors (Lipinski definition) is 5. The van der Waals surface area contributed by atoms with Gasteiger partial charge in [-0.3, -0.25) is 0 Å². The highest BCUT2D eigenvalue weighted by Gasteiger charge is 2.14. The molecule has 0 unspecified atom stereocenters. The number of carboxylic acids is 2. The van der Waals surface area contributed by atoms with Crippen LogP contribution >= 0.6 is 0 Å². The van der Waals surface area contributed by atoms with Gasteiger partial charge >= 0.3 is 11.9 Å². The van der Waals surface area contributed by atoms with E-state index in [1.807, 2.05) is 0 Å². The van der Waals surface area contributed by atoms with Crippen molar-refractivity contribution in [1.82, 2.24) is 0 Å². The summed E-state index contributed by atoms with van der Waals surface area (Å²) in [6, 6.07) is 0. The third-order valence-corrected chi connectivity index (χ3v) is 1.32. The predicted molar refractivity (Wildman–Crippen MR) is 69.2 cm³/mol. The summed E-state index contributed by atoms with van der Waals surface area (Å²) in [7, 11) is 0. The van der Waals surface area contributed by atoms with Gasteiger partial charge < -0.3 is 25.5 Å². The van der Waals surface area contributed by atoms with Gasteiger partial charge in [-0.1, -0.05) is 20.1 Å². The van der Waals surface area contributed by atoms with E-state index in [9.17, 15) is 9.59 Å². The van der Waals surface area contributed by atoms with Crippen molar-refractivity contribution in [3.63, 3.8) is 0 Å². The largest absolute Gasteiger partial charge is 0.478 e. The fraction of sp³-hybridized carbons (Fsp3) is 0.500. The van der Waals surface area contributed by atoms with Crippen molar-refractivity contribution in [2.24, 2.45) is 0 Å². The normalized spacial score (nSPS) is 9.16. The molecule has 0 aromatic heterocycles. The molecule has 7 heteroatoms. The summed E-state index contributed by atoms with van der Waals surface area (Å²) >= 11 is 0. The molecule has 0 saturated heterocycles. The quantitative estimate of drug-likeness (QED) is 0.377. The molecule has 0 spiro atoms. The fourth-order valence-corrected chi connectivity index (χ4v) is 0.335. The minimum absolute atomic E-state index is 0.00694. The van der Waals surface area contributed by atoms with Crippen molar-refractivity contribution in [2.45, 2.75) is 39.6 Å². The molecular weight excluding hydrogens is 256 g/mol. The van der Waals surface area contributed by atoms with Crippen LogP contribution in [0.2, 0.25) is 0 Å². The second-order valence-electron chi connectivity index (χ2n) is 3.70. The first kappa shape index (κ1) is 22.5. The first-order valence-electron chi connectivity index (χ1n) is 5.29. The summed E-state index contributed by atoms with van der Waals surface area (Å²) in [5.41, 5.74) is 0.352. The molecule has 0 bridgehead atoms. The van der Waals surface area contributed by atoms with Crippen molar-refractivity contribution in [1.29, 1.82) is 0 Å². The average molecular weight is 278 g/mol. The molecule has 0 aliphatic rings. The molecule has 112 valence electrons. The number of hydrogen-bond donors (Lipinski definition) is 5. The van der Waals surface area contributed by atoms with Crippen molar-refractivity contribution < 1.29 is 35.1 Å². The van der Waals surface area contributed by atoms with Gasteiger partial charge in [0.25, 0.3) is 5.97 Å². The van der Waals surface area contributed by atoms with Crippen LogP contribution in [0.15, 0.2) is 24.3 Å². The predicted octanol–water partition coefficient (Wildman–Crippen LogP) is 0.711. The zero-order valence-corrected chi connectivity index (χ0v) is 11.4. The minimum atomic E-state index is -2.45. The molecule has 0 heterocycles. The van der Waals surface area contributed by atoms with Gasteiger partial charge in [-0.05, 0) is 20.3 Å². The number of aliphatic carboxylic acids is 2. The zero-order chi connectivity index (χ0) is 16.2. The Morgan fingerprint density at radius 2 is 1.16 bits per heavy atom. The molecule has 0 saturated carbocycles. The Balaban J connectivity index is -0.000000203. The Morgan fingerprint density at radius 3 is 1.16 bits per heavy atom. The molecule has 0 rings (SSSR count). The third kappa shape index (κ3) is 31.4. The smallest absolute Gasteiger partial charge is 0.330 e. The van der Waals surface area contributed by atoms with E-state index in [0.29, 0.717) is 6.42 Å². The van der Waals surface area contributed by atoms with Gasteiger partial charge in [-0.25, -0.2) is 9.59 Å². The molecule has 0 fully saturated rings. The summed E-state index contributed by atoms with van der Waals surface area (Å²) in [5.74, 6) is -4.32. The Morgan fingerprint density at radius 1 is 0.947 bits per heavy atom. The van der Waals surface area contributed by atoms with Crippen molar-refractivity contribution in [2.75, 3.05) is 0 Å². The SMILES string of the molecule is C=C(C)C(=O)O.C=C(C)C(=O)O.CCCC(O)(O)O. The van der Waals surface area contributed by atoms with Gasteiger partial charge in [0.05, 0.1) is 0 Å². The standard InChI is InChI=1S/C4H10O3.2C4H6O2/c1-2-3-4(5,6)7;2*1-3(2)4(5)6/h5-7H,2-3H2,1H3;2*1H2,2H3,(H,5,6). The Bertz CT molecular complexity index is 265. The molecule has 0 aliphatic heterocycles. The minimum Gasteiger partial charge on any atom is -0.478 e. The average Bonchev–Trinajstić information content (AvgIpc) is 2.16. The van der Waals surface area contributed by atoms with Crippen molar-refractivity contribution in [3.8, 4) is 0 Å². The van der Waals surface area contributed by atoms with Crippen molar-refractivity contribution in [3.05, 3.63) is 24.3 Å². The molecule has 0 amide bonds. The lowest BCUT2D eigenvalue weighted by molar-refractivity contribution is -0.314. The van der Waals surface area contributed by atoms with Crippen LogP contribution in [0, 0.1) is 0 Å². The van der Waals surface area contributed by atoms with Gasteiger partial charge in [0.2, 0.25) is 0 Å². The van der Waals surface area contributed by atoms with Crippen LogP contribution in [0.4, 0.5) is 0 Å². The maximum atomic E-state index is 9.60. The Kier molecular flexibility index (Phi) is 13.5. The van der Waals surface area contributed by atoms with Crippen LogP contribution in [0.5, 0.6) is 0 Å².